The molecule has 6 heteroatoms. The lowest BCUT2D eigenvalue weighted by Gasteiger charge is -2.39. The van der Waals surface area contributed by atoms with Gasteiger partial charge in [0, 0.05) is 45.0 Å². The molecule has 1 saturated heterocycles. The maximum Gasteiger partial charge on any atom is 0.237 e. The largest absolute Gasteiger partial charge is 0.368 e. The summed E-state index contributed by atoms with van der Waals surface area (Å²) < 4.78 is 0. The van der Waals surface area contributed by atoms with Gasteiger partial charge in [0.05, 0.1) is 0 Å². The van der Waals surface area contributed by atoms with E-state index in [1.165, 1.54) is 5.69 Å². The second kappa shape index (κ2) is 8.34. The Hall–Kier alpha value is -2.08. The number of benzene rings is 1. The number of nitrogens with one attached hydrogen (secondary N) is 1. The van der Waals surface area contributed by atoms with Crippen molar-refractivity contribution in [2.24, 2.45) is 5.41 Å². The van der Waals surface area contributed by atoms with Gasteiger partial charge in [-0.15, -0.1) is 0 Å². The van der Waals surface area contributed by atoms with Crippen LogP contribution in [0.4, 0.5) is 5.69 Å². The summed E-state index contributed by atoms with van der Waals surface area (Å²) in [5.74, 6) is -0.299. The van der Waals surface area contributed by atoms with E-state index in [1.807, 2.05) is 42.1 Å². The van der Waals surface area contributed by atoms with E-state index in [0.717, 1.165) is 19.6 Å². The van der Waals surface area contributed by atoms with Gasteiger partial charge in [-0.2, -0.15) is 0 Å². The van der Waals surface area contributed by atoms with Crippen molar-refractivity contribution in [1.82, 2.24) is 15.1 Å². The smallest absolute Gasteiger partial charge is 0.237 e. The number of para-hydroxylation sites is 1. The van der Waals surface area contributed by atoms with E-state index in [9.17, 15) is 9.59 Å². The number of carbonyl (C=O) groups excluding carboxylic acids is 2. The zero-order valence-corrected chi connectivity index (χ0v) is 15.8. The summed E-state index contributed by atoms with van der Waals surface area (Å²) in [5, 5.41) is 2.87. The van der Waals surface area contributed by atoms with Crippen LogP contribution in [-0.2, 0) is 9.59 Å². The van der Waals surface area contributed by atoms with Crippen LogP contribution in [0.15, 0.2) is 30.3 Å². The Kier molecular flexibility index (Phi) is 6.42. The minimum atomic E-state index is -1.04. The van der Waals surface area contributed by atoms with Gasteiger partial charge in [0.2, 0.25) is 11.8 Å². The van der Waals surface area contributed by atoms with Crippen molar-refractivity contribution in [3.8, 4) is 0 Å². The maximum atomic E-state index is 12.8. The molecule has 1 aromatic rings. The van der Waals surface area contributed by atoms with Gasteiger partial charge >= 0.3 is 0 Å². The standard InChI is InChI=1S/C19H30N4O2/c1-19(2,17(24)20-10-11-21(3)4)18(25)23-14-12-22(13-15-23)16-8-6-5-7-9-16/h5-9H,10-15H2,1-4H3,(H,20,24). The first-order valence-electron chi connectivity index (χ1n) is 8.85. The monoisotopic (exact) mass is 346 g/mol. The summed E-state index contributed by atoms with van der Waals surface area (Å²) in [6.45, 7) is 7.58. The van der Waals surface area contributed by atoms with Gasteiger partial charge in [-0.1, -0.05) is 18.2 Å². The molecule has 0 bridgehead atoms. The Bertz CT molecular complexity index is 578. The Morgan fingerprint density at radius 2 is 1.68 bits per heavy atom. The number of likely N-dealkylation sites (N-methyl/N-ethyl adjacent to an activating group) is 1. The first kappa shape index (κ1) is 19.2. The summed E-state index contributed by atoms with van der Waals surface area (Å²) in [6.07, 6.45) is 0. The fourth-order valence-electron chi connectivity index (χ4n) is 2.91. The quantitative estimate of drug-likeness (QED) is 0.782. The van der Waals surface area contributed by atoms with Crippen LogP contribution >= 0.6 is 0 Å². The topological polar surface area (TPSA) is 55.9 Å². The highest BCUT2D eigenvalue weighted by Gasteiger charge is 2.39. The van der Waals surface area contributed by atoms with Crippen molar-refractivity contribution in [1.29, 1.82) is 0 Å². The molecular weight excluding hydrogens is 316 g/mol. The average Bonchev–Trinajstić information content (AvgIpc) is 2.61. The average molecular weight is 346 g/mol. The lowest BCUT2D eigenvalue weighted by atomic mass is 9.90. The van der Waals surface area contributed by atoms with Crippen LogP contribution in [0.25, 0.3) is 0 Å². The van der Waals surface area contributed by atoms with E-state index in [1.54, 1.807) is 13.8 Å². The predicted molar refractivity (Wildman–Crippen MR) is 101 cm³/mol. The molecule has 1 heterocycles. The van der Waals surface area contributed by atoms with Crippen molar-refractivity contribution in [3.05, 3.63) is 30.3 Å². The first-order valence-corrected chi connectivity index (χ1v) is 8.85. The van der Waals surface area contributed by atoms with Crippen molar-refractivity contribution in [2.45, 2.75) is 13.8 Å². The molecule has 1 aromatic carbocycles. The van der Waals surface area contributed by atoms with Crippen LogP contribution in [0.2, 0.25) is 0 Å². The third kappa shape index (κ3) is 4.95. The second-order valence-electron chi connectivity index (χ2n) is 7.30. The molecule has 0 unspecified atom stereocenters. The Morgan fingerprint density at radius 1 is 1.08 bits per heavy atom. The second-order valence-corrected chi connectivity index (χ2v) is 7.30. The fourth-order valence-corrected chi connectivity index (χ4v) is 2.91. The van der Waals surface area contributed by atoms with Crippen LogP contribution in [0.1, 0.15) is 13.8 Å². The minimum absolute atomic E-state index is 0.0948. The van der Waals surface area contributed by atoms with Crippen LogP contribution in [0, 0.1) is 5.41 Å². The molecule has 0 radical (unpaired) electrons. The van der Waals surface area contributed by atoms with Gasteiger partial charge in [-0.05, 0) is 40.1 Å². The predicted octanol–water partition coefficient (Wildman–Crippen LogP) is 1.04. The van der Waals surface area contributed by atoms with Crippen LogP contribution in [0.3, 0.4) is 0 Å². The van der Waals surface area contributed by atoms with Crippen molar-refractivity contribution < 1.29 is 9.59 Å². The molecule has 0 atom stereocenters. The van der Waals surface area contributed by atoms with Crippen LogP contribution < -0.4 is 10.2 Å². The lowest BCUT2D eigenvalue weighted by Crippen LogP contribution is -2.55. The van der Waals surface area contributed by atoms with E-state index in [-0.39, 0.29) is 11.8 Å². The van der Waals surface area contributed by atoms with Crippen LogP contribution in [0.5, 0.6) is 0 Å². The van der Waals surface area contributed by atoms with Crippen molar-refractivity contribution in [2.75, 3.05) is 58.3 Å². The SMILES string of the molecule is CN(C)CCNC(=O)C(C)(C)C(=O)N1CCN(c2ccccc2)CC1. The molecule has 0 spiro atoms. The summed E-state index contributed by atoms with van der Waals surface area (Å²) >= 11 is 0. The van der Waals surface area contributed by atoms with Crippen LogP contribution in [-0.4, -0.2) is 75.0 Å². The van der Waals surface area contributed by atoms with E-state index >= 15 is 0 Å². The highest BCUT2D eigenvalue weighted by atomic mass is 16.2. The van der Waals surface area contributed by atoms with E-state index in [0.29, 0.717) is 19.6 Å². The first-order chi connectivity index (χ1) is 11.8. The molecule has 1 fully saturated rings. The lowest BCUT2D eigenvalue weighted by molar-refractivity contribution is -0.148. The minimum Gasteiger partial charge on any atom is -0.368 e. The highest BCUT2D eigenvalue weighted by molar-refractivity contribution is 6.04. The molecule has 0 saturated carbocycles. The molecule has 2 rings (SSSR count). The molecule has 1 N–H and O–H groups in total. The van der Waals surface area contributed by atoms with Gasteiger partial charge in [-0.3, -0.25) is 9.59 Å². The Balaban J connectivity index is 1.88. The molecule has 0 aliphatic carbocycles. The number of carbonyl (C=O) groups is 2. The highest BCUT2D eigenvalue weighted by Crippen LogP contribution is 2.22. The summed E-state index contributed by atoms with van der Waals surface area (Å²) in [7, 11) is 3.91. The zero-order valence-electron chi connectivity index (χ0n) is 15.8. The van der Waals surface area contributed by atoms with Crippen molar-refractivity contribution >= 4 is 17.5 Å². The molecule has 1 aliphatic rings. The third-order valence-electron chi connectivity index (χ3n) is 4.64. The number of nitrogens with zero attached hydrogens (tertiary/aromatic N) is 3. The number of hydrogen-bond donors (Lipinski definition) is 1. The fraction of sp³-hybridized carbons (Fsp3) is 0.579. The molecule has 25 heavy (non-hydrogen) atoms. The number of hydrogen-bond acceptors (Lipinski definition) is 4. The summed E-state index contributed by atoms with van der Waals surface area (Å²) in [4.78, 5) is 31.3. The van der Waals surface area contributed by atoms with Gasteiger partial charge < -0.3 is 20.0 Å². The number of anilines is 1. The normalized spacial score (nSPS) is 15.4. The maximum absolute atomic E-state index is 12.8. The van der Waals surface area contributed by atoms with E-state index in [2.05, 4.69) is 22.3 Å². The van der Waals surface area contributed by atoms with Gasteiger partial charge in [0.1, 0.15) is 5.41 Å². The van der Waals surface area contributed by atoms with Crippen molar-refractivity contribution in [3.63, 3.8) is 0 Å². The number of rotatable bonds is 6. The number of piperazine rings is 1. The van der Waals surface area contributed by atoms with Gasteiger partial charge in [0.25, 0.3) is 0 Å². The molecule has 1 aliphatic heterocycles. The Labute approximate surface area is 150 Å². The van der Waals surface area contributed by atoms with Gasteiger partial charge in [-0.25, -0.2) is 0 Å². The summed E-state index contributed by atoms with van der Waals surface area (Å²) in [5.41, 5.74) is 0.136. The molecule has 2 amide bonds. The van der Waals surface area contributed by atoms with E-state index in [4.69, 9.17) is 0 Å². The molecular formula is C19H30N4O2. The summed E-state index contributed by atoms with van der Waals surface area (Å²) in [6, 6.07) is 10.2. The van der Waals surface area contributed by atoms with E-state index < -0.39 is 5.41 Å². The third-order valence-corrected chi connectivity index (χ3v) is 4.64. The number of amides is 2. The molecule has 6 nitrogen and oxygen atoms in total. The molecule has 138 valence electrons. The molecule has 0 aromatic heterocycles. The Morgan fingerprint density at radius 3 is 2.24 bits per heavy atom. The van der Waals surface area contributed by atoms with Gasteiger partial charge in [0.15, 0.2) is 0 Å². The zero-order chi connectivity index (χ0) is 18.4.